The van der Waals surface area contributed by atoms with E-state index in [1.807, 2.05) is 0 Å². The minimum atomic E-state index is -4.66. The first kappa shape index (κ1) is 20.7. The van der Waals surface area contributed by atoms with Gasteiger partial charge >= 0.3 is 6.18 Å². The zero-order valence-electron chi connectivity index (χ0n) is 15.6. The van der Waals surface area contributed by atoms with Crippen LogP contribution in [0.2, 0.25) is 0 Å². The van der Waals surface area contributed by atoms with Crippen LogP contribution in [0, 0.1) is 0 Å². The molecule has 4 rings (SSSR count). The van der Waals surface area contributed by atoms with E-state index in [1.165, 1.54) is 12.1 Å². The maximum Gasteiger partial charge on any atom is 0.418 e. The molecule has 0 radical (unpaired) electrons. The molecule has 3 N–H and O–H groups in total. The van der Waals surface area contributed by atoms with E-state index in [0.717, 1.165) is 28.8 Å². The molecule has 0 spiro atoms. The molecule has 158 valence electrons. The molecule has 0 aromatic heterocycles. The Labute approximate surface area is 177 Å². The Bertz CT molecular complexity index is 1190. The first-order valence-electron chi connectivity index (χ1n) is 8.85. The Morgan fingerprint density at radius 1 is 1.10 bits per heavy atom. The summed E-state index contributed by atoms with van der Waals surface area (Å²) in [5, 5.41) is 2.21. The SMILES string of the molecule is NC1=NC(=O)/C(=C2\C(=O)N(CC(=O)Nc3ccccc3C(F)(F)F)c3ccccc32)S1. The van der Waals surface area contributed by atoms with Gasteiger partial charge < -0.3 is 11.1 Å². The molecule has 3 amide bonds. The van der Waals surface area contributed by atoms with Crippen molar-refractivity contribution < 1.29 is 27.6 Å². The number of anilines is 2. The Morgan fingerprint density at radius 2 is 1.77 bits per heavy atom. The molecular formula is C20H13F3N4O3S. The number of amidine groups is 1. The Balaban J connectivity index is 1.63. The third-order valence-electron chi connectivity index (χ3n) is 4.57. The fourth-order valence-electron chi connectivity index (χ4n) is 3.31. The highest BCUT2D eigenvalue weighted by atomic mass is 32.2. The van der Waals surface area contributed by atoms with Crippen molar-refractivity contribution in [2.24, 2.45) is 10.7 Å². The Hall–Kier alpha value is -3.60. The minimum absolute atomic E-state index is 0.00210. The Morgan fingerprint density at radius 3 is 2.45 bits per heavy atom. The fraction of sp³-hybridized carbons (Fsp3) is 0.100. The summed E-state index contributed by atoms with van der Waals surface area (Å²) in [7, 11) is 0. The van der Waals surface area contributed by atoms with Crippen molar-refractivity contribution in [3.8, 4) is 0 Å². The minimum Gasteiger partial charge on any atom is -0.378 e. The van der Waals surface area contributed by atoms with E-state index in [2.05, 4.69) is 10.3 Å². The third kappa shape index (κ3) is 3.79. The summed E-state index contributed by atoms with van der Waals surface area (Å²) in [5.41, 5.74) is 4.98. The van der Waals surface area contributed by atoms with Crippen LogP contribution < -0.4 is 16.0 Å². The molecule has 7 nitrogen and oxygen atoms in total. The van der Waals surface area contributed by atoms with Gasteiger partial charge in [-0.1, -0.05) is 30.3 Å². The van der Waals surface area contributed by atoms with Crippen molar-refractivity contribution in [3.05, 3.63) is 64.6 Å². The molecule has 2 aromatic rings. The third-order valence-corrected chi connectivity index (χ3v) is 5.45. The van der Waals surface area contributed by atoms with Gasteiger partial charge in [-0.05, 0) is 30.0 Å². The predicted octanol–water partition coefficient (Wildman–Crippen LogP) is 2.99. The number of thioether (sulfide) groups is 1. The van der Waals surface area contributed by atoms with E-state index in [-0.39, 0.29) is 15.6 Å². The normalized spacial score (nSPS) is 18.3. The molecule has 0 aliphatic carbocycles. The average Bonchev–Trinajstić information content (AvgIpc) is 3.17. The molecule has 0 bridgehead atoms. The number of hydrogen-bond acceptors (Lipinski definition) is 5. The fourth-order valence-corrected chi connectivity index (χ4v) is 4.08. The molecule has 0 fully saturated rings. The number of nitrogens with zero attached hydrogens (tertiary/aromatic N) is 2. The van der Waals surface area contributed by atoms with E-state index >= 15 is 0 Å². The van der Waals surface area contributed by atoms with Gasteiger partial charge in [-0.25, -0.2) is 0 Å². The van der Waals surface area contributed by atoms with Crippen LogP contribution in [0.3, 0.4) is 0 Å². The maximum absolute atomic E-state index is 13.2. The number of aliphatic imine (C=N–C) groups is 1. The van der Waals surface area contributed by atoms with Crippen LogP contribution in [0.1, 0.15) is 11.1 Å². The van der Waals surface area contributed by atoms with E-state index in [4.69, 9.17) is 5.73 Å². The lowest BCUT2D eigenvalue weighted by Crippen LogP contribution is -2.35. The van der Waals surface area contributed by atoms with E-state index in [1.54, 1.807) is 24.3 Å². The summed E-state index contributed by atoms with van der Waals surface area (Å²) in [6.07, 6.45) is -4.66. The highest BCUT2D eigenvalue weighted by Gasteiger charge is 2.39. The monoisotopic (exact) mass is 446 g/mol. The molecule has 0 unspecified atom stereocenters. The van der Waals surface area contributed by atoms with Gasteiger partial charge in [0.05, 0.1) is 27.4 Å². The predicted molar refractivity (Wildman–Crippen MR) is 110 cm³/mol. The largest absolute Gasteiger partial charge is 0.418 e. The first-order chi connectivity index (χ1) is 14.7. The standard InChI is InChI=1S/C20H13F3N4O3S/c21-20(22,23)11-6-2-3-7-12(11)25-14(28)9-27-13-8-4-1-5-10(13)15(18(27)30)16-17(29)26-19(24)31-16/h1-8H,9H2,(H,25,28)(H2,24,26,29)/b16-15+. The number of nitrogens with two attached hydrogens (primary N) is 1. The number of para-hydroxylation sites is 2. The number of carbonyl (C=O) groups is 3. The number of amides is 3. The first-order valence-corrected chi connectivity index (χ1v) is 9.66. The van der Waals surface area contributed by atoms with E-state index in [9.17, 15) is 27.6 Å². The second kappa shape index (κ2) is 7.58. The van der Waals surface area contributed by atoms with Crippen molar-refractivity contribution >= 4 is 51.6 Å². The van der Waals surface area contributed by atoms with Crippen molar-refractivity contribution in [2.45, 2.75) is 6.18 Å². The second-order valence-corrected chi connectivity index (χ2v) is 7.59. The molecule has 0 saturated heterocycles. The summed E-state index contributed by atoms with van der Waals surface area (Å²) in [4.78, 5) is 42.5. The maximum atomic E-state index is 13.2. The number of hydrogen-bond donors (Lipinski definition) is 2. The number of fused-ring (bicyclic) bond motifs is 1. The highest BCUT2D eigenvalue weighted by molar-refractivity contribution is 8.18. The quantitative estimate of drug-likeness (QED) is 0.706. The lowest BCUT2D eigenvalue weighted by atomic mass is 10.1. The van der Waals surface area contributed by atoms with Crippen LogP contribution in [0.15, 0.2) is 58.4 Å². The zero-order valence-corrected chi connectivity index (χ0v) is 16.4. The van der Waals surface area contributed by atoms with Crippen LogP contribution >= 0.6 is 11.8 Å². The molecule has 0 saturated carbocycles. The van der Waals surface area contributed by atoms with Gasteiger partial charge in [-0.2, -0.15) is 18.2 Å². The van der Waals surface area contributed by atoms with Crippen molar-refractivity contribution in [2.75, 3.05) is 16.8 Å². The molecule has 2 aliphatic heterocycles. The van der Waals surface area contributed by atoms with Gasteiger partial charge in [-0.3, -0.25) is 19.3 Å². The van der Waals surface area contributed by atoms with E-state index < -0.39 is 41.7 Å². The lowest BCUT2D eigenvalue weighted by Gasteiger charge is -2.18. The molecule has 2 heterocycles. The molecule has 0 atom stereocenters. The van der Waals surface area contributed by atoms with Gasteiger partial charge in [0.1, 0.15) is 6.54 Å². The number of halogens is 3. The van der Waals surface area contributed by atoms with E-state index in [0.29, 0.717) is 11.3 Å². The second-order valence-electron chi connectivity index (χ2n) is 6.56. The number of nitrogens with one attached hydrogen (secondary N) is 1. The average molecular weight is 446 g/mol. The summed E-state index contributed by atoms with van der Waals surface area (Å²) in [6, 6.07) is 11.0. The molecule has 11 heteroatoms. The van der Waals surface area contributed by atoms with Crippen LogP contribution in [0.4, 0.5) is 24.5 Å². The van der Waals surface area contributed by atoms with Crippen molar-refractivity contribution in [1.29, 1.82) is 0 Å². The lowest BCUT2D eigenvalue weighted by molar-refractivity contribution is -0.137. The molecule has 2 aliphatic rings. The topological polar surface area (TPSA) is 105 Å². The number of rotatable bonds is 3. The summed E-state index contributed by atoms with van der Waals surface area (Å²) >= 11 is 0.851. The zero-order chi connectivity index (χ0) is 22.3. The Kier molecular flexibility index (Phi) is 5.05. The highest BCUT2D eigenvalue weighted by Crippen LogP contribution is 2.42. The van der Waals surface area contributed by atoms with Crippen LogP contribution in [-0.2, 0) is 20.6 Å². The van der Waals surface area contributed by atoms with Gasteiger partial charge in [0.2, 0.25) is 5.91 Å². The number of alkyl halides is 3. The summed E-state index contributed by atoms with van der Waals surface area (Å²) < 4.78 is 39.5. The van der Waals surface area contributed by atoms with Crippen LogP contribution in [0.25, 0.3) is 5.57 Å². The molecule has 31 heavy (non-hydrogen) atoms. The van der Waals surface area contributed by atoms with Gasteiger partial charge in [0.25, 0.3) is 11.8 Å². The summed E-state index contributed by atoms with van der Waals surface area (Å²) in [5.74, 6) is -2.13. The van der Waals surface area contributed by atoms with Gasteiger partial charge in [-0.15, -0.1) is 0 Å². The molecular weight excluding hydrogens is 433 g/mol. The summed E-state index contributed by atoms with van der Waals surface area (Å²) in [6.45, 7) is -0.548. The van der Waals surface area contributed by atoms with Crippen molar-refractivity contribution in [1.82, 2.24) is 0 Å². The number of benzene rings is 2. The smallest absolute Gasteiger partial charge is 0.378 e. The van der Waals surface area contributed by atoms with Crippen molar-refractivity contribution in [3.63, 3.8) is 0 Å². The van der Waals surface area contributed by atoms with Crippen LogP contribution in [0.5, 0.6) is 0 Å². The van der Waals surface area contributed by atoms with Gasteiger partial charge in [0, 0.05) is 5.56 Å². The molecule has 2 aromatic carbocycles. The van der Waals surface area contributed by atoms with Gasteiger partial charge in [0.15, 0.2) is 5.17 Å². The van der Waals surface area contributed by atoms with Crippen LogP contribution in [-0.4, -0.2) is 29.4 Å². The number of carbonyl (C=O) groups excluding carboxylic acids is 3.